The van der Waals surface area contributed by atoms with E-state index in [1.807, 2.05) is 28.8 Å². The number of fused-ring (bicyclic) bond motifs is 2. The summed E-state index contributed by atoms with van der Waals surface area (Å²) < 4.78 is 7.74. The molecule has 1 aromatic carbocycles. The van der Waals surface area contributed by atoms with Crippen LogP contribution in [0.15, 0.2) is 24.3 Å². The lowest BCUT2D eigenvalue weighted by Gasteiger charge is -2.21. The van der Waals surface area contributed by atoms with Gasteiger partial charge in [-0.3, -0.25) is 0 Å². The first-order valence-corrected chi connectivity index (χ1v) is 10.3. The number of nitrogen functional groups attached to an aromatic ring is 1. The summed E-state index contributed by atoms with van der Waals surface area (Å²) in [6, 6.07) is 7.69. The average molecular weight is 380 g/mol. The Morgan fingerprint density at radius 1 is 1.18 bits per heavy atom. The van der Waals surface area contributed by atoms with Crippen LogP contribution in [0.4, 0.5) is 5.82 Å². The van der Waals surface area contributed by atoms with Crippen molar-refractivity contribution in [2.75, 3.05) is 5.73 Å². The molecule has 0 radical (unpaired) electrons. The summed E-state index contributed by atoms with van der Waals surface area (Å²) in [5.74, 6) is 0.553. The van der Waals surface area contributed by atoms with Crippen LogP contribution in [-0.4, -0.2) is 26.6 Å². The molecule has 1 aliphatic rings. The smallest absolute Gasteiger partial charge is 0.344 e. The molecule has 1 fully saturated rings. The number of carbonyl (C=O) groups is 1. The summed E-state index contributed by atoms with van der Waals surface area (Å²) in [5.41, 5.74) is 9.57. The predicted molar refractivity (Wildman–Crippen MR) is 111 cm³/mol. The minimum Gasteiger partial charge on any atom is -0.459 e. The Balaban J connectivity index is 1.80. The highest BCUT2D eigenvalue weighted by atomic mass is 16.5. The van der Waals surface area contributed by atoms with Crippen LogP contribution >= 0.6 is 0 Å². The minimum atomic E-state index is -0.373. The molecule has 1 aliphatic carbocycles. The molecule has 148 valence electrons. The molecule has 2 N–H and O–H groups in total. The van der Waals surface area contributed by atoms with E-state index < -0.39 is 0 Å². The third kappa shape index (κ3) is 3.55. The molecule has 2 heterocycles. The second kappa shape index (κ2) is 7.78. The highest BCUT2D eigenvalue weighted by molar-refractivity contribution is 6.08. The molecule has 2 aromatic heterocycles. The lowest BCUT2D eigenvalue weighted by atomic mass is 9.98. The van der Waals surface area contributed by atoms with Gasteiger partial charge in [-0.1, -0.05) is 32.4 Å². The molecule has 1 saturated carbocycles. The number of aryl methyl sites for hydroxylation is 1. The SMILES string of the molecule is CC(C)CCn1c(N)c(C(=O)OC2CCCCC2)c2nc3ccccc3nc21. The molecule has 0 saturated heterocycles. The fraction of sp³-hybridized carbons (Fsp3) is 0.500. The normalized spacial score (nSPS) is 15.5. The molecular weight excluding hydrogens is 352 g/mol. The Morgan fingerprint density at radius 2 is 1.86 bits per heavy atom. The Bertz CT molecular complexity index is 1000. The number of carbonyl (C=O) groups excluding carboxylic acids is 1. The van der Waals surface area contributed by atoms with Crippen LogP contribution < -0.4 is 5.73 Å². The van der Waals surface area contributed by atoms with Crippen molar-refractivity contribution in [3.8, 4) is 0 Å². The standard InChI is InChI=1S/C22H28N4O2/c1-14(2)12-13-26-20(23)18(22(27)28-15-8-4-3-5-9-15)19-21(26)25-17-11-7-6-10-16(17)24-19/h6-7,10-11,14-15H,3-5,8-9,12-13,23H2,1-2H3. The molecule has 28 heavy (non-hydrogen) atoms. The summed E-state index contributed by atoms with van der Waals surface area (Å²) in [6.07, 6.45) is 6.19. The van der Waals surface area contributed by atoms with Crippen LogP contribution in [0.25, 0.3) is 22.2 Å². The molecule has 6 heteroatoms. The van der Waals surface area contributed by atoms with Crippen molar-refractivity contribution in [1.82, 2.24) is 14.5 Å². The molecule has 0 unspecified atom stereocenters. The van der Waals surface area contributed by atoms with E-state index in [0.717, 1.165) is 43.1 Å². The molecule has 0 spiro atoms. The zero-order valence-electron chi connectivity index (χ0n) is 16.6. The monoisotopic (exact) mass is 380 g/mol. The van der Waals surface area contributed by atoms with Gasteiger partial charge in [-0.2, -0.15) is 0 Å². The minimum absolute atomic E-state index is 0.0249. The van der Waals surface area contributed by atoms with Gasteiger partial charge in [0.25, 0.3) is 0 Å². The van der Waals surface area contributed by atoms with Crippen LogP contribution in [0.5, 0.6) is 0 Å². The Morgan fingerprint density at radius 3 is 2.54 bits per heavy atom. The van der Waals surface area contributed by atoms with E-state index in [1.165, 1.54) is 6.42 Å². The quantitative estimate of drug-likeness (QED) is 0.649. The van der Waals surface area contributed by atoms with E-state index in [-0.39, 0.29) is 12.1 Å². The van der Waals surface area contributed by atoms with Crippen LogP contribution in [0.2, 0.25) is 0 Å². The third-order valence-corrected chi connectivity index (χ3v) is 5.55. The molecular formula is C22H28N4O2. The van der Waals surface area contributed by atoms with Crippen LogP contribution in [0.3, 0.4) is 0 Å². The molecule has 4 rings (SSSR count). The van der Waals surface area contributed by atoms with Crippen molar-refractivity contribution in [2.45, 2.75) is 65.0 Å². The topological polar surface area (TPSA) is 83.0 Å². The molecule has 0 atom stereocenters. The summed E-state index contributed by atoms with van der Waals surface area (Å²) >= 11 is 0. The van der Waals surface area contributed by atoms with Gasteiger partial charge in [-0.05, 0) is 50.2 Å². The van der Waals surface area contributed by atoms with Gasteiger partial charge in [-0.15, -0.1) is 0 Å². The van der Waals surface area contributed by atoms with Crippen LogP contribution in [-0.2, 0) is 11.3 Å². The van der Waals surface area contributed by atoms with Gasteiger partial charge in [-0.25, -0.2) is 14.8 Å². The van der Waals surface area contributed by atoms with Gasteiger partial charge in [0.15, 0.2) is 5.65 Å². The van der Waals surface area contributed by atoms with E-state index in [4.69, 9.17) is 20.4 Å². The number of ether oxygens (including phenoxy) is 1. The number of nitrogens with zero attached hydrogens (tertiary/aromatic N) is 3. The highest BCUT2D eigenvalue weighted by Gasteiger charge is 2.27. The van der Waals surface area contributed by atoms with Crippen molar-refractivity contribution in [3.63, 3.8) is 0 Å². The Hall–Kier alpha value is -2.63. The van der Waals surface area contributed by atoms with E-state index >= 15 is 0 Å². The second-order valence-corrected chi connectivity index (χ2v) is 8.14. The van der Waals surface area contributed by atoms with Crippen molar-refractivity contribution in [1.29, 1.82) is 0 Å². The number of nitrogens with two attached hydrogens (primary N) is 1. The summed E-state index contributed by atoms with van der Waals surface area (Å²) in [7, 11) is 0. The Labute approximate surface area is 165 Å². The number of esters is 1. The van der Waals surface area contributed by atoms with E-state index in [0.29, 0.717) is 35.0 Å². The maximum Gasteiger partial charge on any atom is 0.344 e. The van der Waals surface area contributed by atoms with E-state index in [9.17, 15) is 4.79 Å². The van der Waals surface area contributed by atoms with E-state index in [2.05, 4.69) is 13.8 Å². The number of benzene rings is 1. The van der Waals surface area contributed by atoms with Gasteiger partial charge < -0.3 is 15.0 Å². The molecule has 6 nitrogen and oxygen atoms in total. The zero-order valence-corrected chi connectivity index (χ0v) is 16.6. The number of para-hydroxylation sites is 2. The highest BCUT2D eigenvalue weighted by Crippen LogP contribution is 2.30. The fourth-order valence-electron chi connectivity index (χ4n) is 3.93. The van der Waals surface area contributed by atoms with Gasteiger partial charge in [0.1, 0.15) is 23.0 Å². The second-order valence-electron chi connectivity index (χ2n) is 8.14. The first-order chi connectivity index (χ1) is 13.5. The fourth-order valence-corrected chi connectivity index (χ4v) is 3.93. The number of hydrogen-bond acceptors (Lipinski definition) is 5. The average Bonchev–Trinajstić information content (AvgIpc) is 2.95. The van der Waals surface area contributed by atoms with Gasteiger partial charge in [0.2, 0.25) is 0 Å². The van der Waals surface area contributed by atoms with Crippen LogP contribution in [0.1, 0.15) is 62.7 Å². The van der Waals surface area contributed by atoms with Crippen molar-refractivity contribution in [2.24, 2.45) is 5.92 Å². The number of aromatic nitrogens is 3. The largest absolute Gasteiger partial charge is 0.459 e. The first-order valence-electron chi connectivity index (χ1n) is 10.3. The number of rotatable bonds is 5. The summed E-state index contributed by atoms with van der Waals surface area (Å²) in [5, 5.41) is 0. The van der Waals surface area contributed by atoms with Gasteiger partial charge in [0.05, 0.1) is 11.0 Å². The zero-order chi connectivity index (χ0) is 19.7. The predicted octanol–water partition coefficient (Wildman–Crippen LogP) is 4.70. The van der Waals surface area contributed by atoms with Crippen molar-refractivity contribution in [3.05, 3.63) is 29.8 Å². The van der Waals surface area contributed by atoms with Gasteiger partial charge >= 0.3 is 5.97 Å². The maximum atomic E-state index is 13.1. The molecule has 0 bridgehead atoms. The maximum absolute atomic E-state index is 13.1. The first kappa shape index (κ1) is 18.7. The van der Waals surface area contributed by atoms with Crippen molar-refractivity contribution >= 4 is 34.0 Å². The number of anilines is 1. The lowest BCUT2D eigenvalue weighted by molar-refractivity contribution is 0.0214. The molecule has 0 amide bonds. The summed E-state index contributed by atoms with van der Waals surface area (Å²) in [6.45, 7) is 5.03. The summed E-state index contributed by atoms with van der Waals surface area (Å²) in [4.78, 5) is 22.6. The van der Waals surface area contributed by atoms with Crippen LogP contribution in [0, 0.1) is 5.92 Å². The third-order valence-electron chi connectivity index (χ3n) is 5.55. The van der Waals surface area contributed by atoms with E-state index in [1.54, 1.807) is 0 Å². The Kier molecular flexibility index (Phi) is 5.20. The lowest BCUT2D eigenvalue weighted by Crippen LogP contribution is -2.21. The number of hydrogen-bond donors (Lipinski definition) is 1. The molecule has 3 aromatic rings. The van der Waals surface area contributed by atoms with Gasteiger partial charge in [0, 0.05) is 6.54 Å². The molecule has 0 aliphatic heterocycles. The van der Waals surface area contributed by atoms with Crippen molar-refractivity contribution < 1.29 is 9.53 Å².